The van der Waals surface area contributed by atoms with Gasteiger partial charge in [-0.3, -0.25) is 9.36 Å². The monoisotopic (exact) mass is 379 g/mol. The Morgan fingerprint density at radius 1 is 1.00 bits per heavy atom. The second-order valence-electron chi connectivity index (χ2n) is 8.01. The molecule has 0 unspecified atom stereocenters. The van der Waals surface area contributed by atoms with Gasteiger partial charge in [-0.2, -0.15) is 0 Å². The van der Waals surface area contributed by atoms with Crippen molar-refractivity contribution in [2.75, 3.05) is 19.6 Å². The van der Waals surface area contributed by atoms with Crippen LogP contribution in [0.15, 0.2) is 58.1 Å². The zero-order valence-electron chi connectivity index (χ0n) is 15.5. The first-order valence-corrected chi connectivity index (χ1v) is 9.80. The number of H-pyrrole nitrogens is 1. The number of aromatic nitrogens is 2. The average Bonchev–Trinajstić information content (AvgIpc) is 2.99. The fraction of sp³-hybridized carbons (Fsp3) is 0.364. The number of hydrogen-bond donors (Lipinski definition) is 1. The Hall–Kier alpha value is -2.73. The molecule has 0 bridgehead atoms. The standard InChI is InChI=1S/C22H22FN3O2/c23-16-7-5-14(6-8-16)18-11-15-12-25(13-19(15)18)9-10-26-21(27)17-3-1-2-4-20(17)24-22(26)28/h1-8,15,18-19H,9-13H2,(H,24,28)/t15-,18-,19+/m0/s1. The predicted octanol–water partition coefficient (Wildman–Crippen LogP) is 2.56. The number of nitrogens with zero attached hydrogens (tertiary/aromatic N) is 2. The highest BCUT2D eigenvalue weighted by molar-refractivity contribution is 5.76. The SMILES string of the molecule is O=c1[nH]c2ccccc2c(=O)n1CCN1C[C@@H]2C[C@@H](c3ccc(F)cc3)[C@@H]2C1. The van der Waals surface area contributed by atoms with Gasteiger partial charge in [-0.25, -0.2) is 9.18 Å². The highest BCUT2D eigenvalue weighted by atomic mass is 19.1. The van der Waals surface area contributed by atoms with Crippen LogP contribution in [-0.4, -0.2) is 34.1 Å². The first-order chi connectivity index (χ1) is 13.6. The average molecular weight is 379 g/mol. The predicted molar refractivity (Wildman–Crippen MR) is 106 cm³/mol. The molecule has 28 heavy (non-hydrogen) atoms. The zero-order valence-corrected chi connectivity index (χ0v) is 15.5. The molecule has 0 radical (unpaired) electrons. The maximum atomic E-state index is 13.2. The van der Waals surface area contributed by atoms with Crippen molar-refractivity contribution in [2.24, 2.45) is 11.8 Å². The van der Waals surface area contributed by atoms with Crippen molar-refractivity contribution >= 4 is 10.9 Å². The third kappa shape index (κ3) is 2.88. The molecule has 1 saturated heterocycles. The summed E-state index contributed by atoms with van der Waals surface area (Å²) in [5.74, 6) is 1.53. The van der Waals surface area contributed by atoms with Crippen molar-refractivity contribution in [1.82, 2.24) is 14.5 Å². The summed E-state index contributed by atoms with van der Waals surface area (Å²) in [5, 5.41) is 0.542. The molecule has 2 aliphatic rings. The molecule has 5 nitrogen and oxygen atoms in total. The minimum atomic E-state index is -0.352. The molecule has 1 aliphatic heterocycles. The van der Waals surface area contributed by atoms with Crippen LogP contribution in [0.25, 0.3) is 10.9 Å². The van der Waals surface area contributed by atoms with Crippen LogP contribution in [0.3, 0.4) is 0 Å². The number of nitrogens with one attached hydrogen (secondary N) is 1. The van der Waals surface area contributed by atoms with E-state index in [9.17, 15) is 14.0 Å². The number of aromatic amines is 1. The molecule has 5 rings (SSSR count). The second-order valence-corrected chi connectivity index (χ2v) is 8.01. The first-order valence-electron chi connectivity index (χ1n) is 9.80. The van der Waals surface area contributed by atoms with E-state index in [0.29, 0.717) is 41.7 Å². The van der Waals surface area contributed by atoms with Crippen LogP contribution in [0.5, 0.6) is 0 Å². The Balaban J connectivity index is 1.28. The van der Waals surface area contributed by atoms with Gasteiger partial charge in [-0.05, 0) is 54.0 Å². The van der Waals surface area contributed by atoms with Crippen LogP contribution in [0.2, 0.25) is 0 Å². The lowest BCUT2D eigenvalue weighted by molar-refractivity contribution is 0.191. The van der Waals surface area contributed by atoms with Gasteiger partial charge in [0.15, 0.2) is 0 Å². The van der Waals surface area contributed by atoms with Gasteiger partial charge in [0.2, 0.25) is 0 Å². The molecule has 2 aromatic carbocycles. The van der Waals surface area contributed by atoms with E-state index in [4.69, 9.17) is 0 Å². The quantitative estimate of drug-likeness (QED) is 0.758. The molecular formula is C22H22FN3O2. The number of halogens is 1. The number of hydrogen-bond acceptors (Lipinski definition) is 3. The molecule has 2 fully saturated rings. The van der Waals surface area contributed by atoms with Gasteiger partial charge in [0.05, 0.1) is 10.9 Å². The lowest BCUT2D eigenvalue weighted by atomic mass is 9.64. The molecule has 0 amide bonds. The van der Waals surface area contributed by atoms with Gasteiger partial charge >= 0.3 is 5.69 Å². The molecule has 1 aromatic heterocycles. The van der Waals surface area contributed by atoms with Crippen LogP contribution in [-0.2, 0) is 6.54 Å². The van der Waals surface area contributed by atoms with Crippen molar-refractivity contribution in [3.8, 4) is 0 Å². The third-order valence-corrected chi connectivity index (χ3v) is 6.47. The van der Waals surface area contributed by atoms with Crippen molar-refractivity contribution in [1.29, 1.82) is 0 Å². The molecule has 2 heterocycles. The van der Waals surface area contributed by atoms with Gasteiger partial charge in [0.1, 0.15) is 5.82 Å². The van der Waals surface area contributed by atoms with Crippen LogP contribution in [0.1, 0.15) is 17.9 Å². The number of para-hydroxylation sites is 1. The Morgan fingerprint density at radius 2 is 1.79 bits per heavy atom. The van der Waals surface area contributed by atoms with E-state index in [2.05, 4.69) is 9.88 Å². The van der Waals surface area contributed by atoms with E-state index in [1.165, 1.54) is 22.3 Å². The lowest BCUT2D eigenvalue weighted by Crippen LogP contribution is -2.38. The molecule has 1 aliphatic carbocycles. The number of likely N-dealkylation sites (tertiary alicyclic amines) is 1. The Kier molecular flexibility index (Phi) is 4.16. The van der Waals surface area contributed by atoms with Crippen LogP contribution in [0.4, 0.5) is 4.39 Å². The Morgan fingerprint density at radius 3 is 2.61 bits per heavy atom. The summed E-state index contributed by atoms with van der Waals surface area (Å²) >= 11 is 0. The number of rotatable bonds is 4. The van der Waals surface area contributed by atoms with Gasteiger partial charge in [-0.15, -0.1) is 0 Å². The topological polar surface area (TPSA) is 58.1 Å². The van der Waals surface area contributed by atoms with Gasteiger partial charge in [0, 0.05) is 26.2 Å². The van der Waals surface area contributed by atoms with Crippen molar-refractivity contribution in [3.63, 3.8) is 0 Å². The van der Waals surface area contributed by atoms with Crippen LogP contribution >= 0.6 is 0 Å². The molecular weight excluding hydrogens is 357 g/mol. The van der Waals surface area contributed by atoms with E-state index in [-0.39, 0.29) is 17.1 Å². The normalized spacial score (nSPS) is 24.2. The summed E-state index contributed by atoms with van der Waals surface area (Å²) < 4.78 is 14.5. The molecule has 1 N–H and O–H groups in total. The van der Waals surface area contributed by atoms with Gasteiger partial charge in [-0.1, -0.05) is 24.3 Å². The summed E-state index contributed by atoms with van der Waals surface area (Å²) in [5.41, 5.74) is 1.21. The zero-order chi connectivity index (χ0) is 19.3. The summed E-state index contributed by atoms with van der Waals surface area (Å²) in [6, 6.07) is 14.0. The maximum Gasteiger partial charge on any atom is 0.328 e. The lowest BCUT2D eigenvalue weighted by Gasteiger charge is -2.40. The summed E-state index contributed by atoms with van der Waals surface area (Å²) in [6.07, 6.45) is 1.13. The Bertz CT molecular complexity index is 1130. The minimum Gasteiger partial charge on any atom is -0.307 e. The fourth-order valence-corrected chi connectivity index (χ4v) is 4.92. The third-order valence-electron chi connectivity index (χ3n) is 6.47. The van der Waals surface area contributed by atoms with E-state index >= 15 is 0 Å². The number of fused-ring (bicyclic) bond motifs is 2. The molecule has 144 valence electrons. The molecule has 3 atom stereocenters. The van der Waals surface area contributed by atoms with Crippen molar-refractivity contribution < 1.29 is 4.39 Å². The van der Waals surface area contributed by atoms with E-state index < -0.39 is 0 Å². The highest BCUT2D eigenvalue weighted by Gasteiger charge is 2.47. The molecule has 1 saturated carbocycles. The maximum absolute atomic E-state index is 13.2. The second kappa shape index (κ2) is 6.71. The van der Waals surface area contributed by atoms with E-state index in [1.54, 1.807) is 24.3 Å². The highest BCUT2D eigenvalue weighted by Crippen LogP contribution is 2.51. The van der Waals surface area contributed by atoms with Gasteiger partial charge in [0.25, 0.3) is 5.56 Å². The molecule has 6 heteroatoms. The smallest absolute Gasteiger partial charge is 0.307 e. The van der Waals surface area contributed by atoms with E-state index in [0.717, 1.165) is 19.5 Å². The van der Waals surface area contributed by atoms with Crippen molar-refractivity contribution in [2.45, 2.75) is 18.9 Å². The minimum absolute atomic E-state index is 0.196. The first kappa shape index (κ1) is 17.4. The van der Waals surface area contributed by atoms with Crippen molar-refractivity contribution in [3.05, 3.63) is 80.7 Å². The fourth-order valence-electron chi connectivity index (χ4n) is 4.92. The Labute approximate surface area is 161 Å². The van der Waals surface area contributed by atoms with Crippen LogP contribution in [0, 0.1) is 17.7 Å². The van der Waals surface area contributed by atoms with Crippen LogP contribution < -0.4 is 11.2 Å². The number of benzene rings is 2. The van der Waals surface area contributed by atoms with E-state index in [1.807, 2.05) is 12.1 Å². The molecule has 0 spiro atoms. The molecule has 3 aromatic rings. The largest absolute Gasteiger partial charge is 0.328 e. The summed E-state index contributed by atoms with van der Waals surface area (Å²) in [7, 11) is 0. The van der Waals surface area contributed by atoms with Gasteiger partial charge < -0.3 is 9.88 Å². The summed E-state index contributed by atoms with van der Waals surface area (Å²) in [4.78, 5) is 30.1. The summed E-state index contributed by atoms with van der Waals surface area (Å²) in [6.45, 7) is 3.04.